The van der Waals surface area contributed by atoms with Crippen LogP contribution in [0.1, 0.15) is 31.2 Å². The first-order valence-corrected chi connectivity index (χ1v) is 6.02. The van der Waals surface area contributed by atoms with Crippen molar-refractivity contribution in [2.75, 3.05) is 20.3 Å². The van der Waals surface area contributed by atoms with Gasteiger partial charge in [-0.25, -0.2) is 0 Å². The largest absolute Gasteiger partial charge is 0.383 e. The molecule has 1 aliphatic heterocycles. The summed E-state index contributed by atoms with van der Waals surface area (Å²) in [4.78, 5) is 0. The van der Waals surface area contributed by atoms with Crippen LogP contribution in [0.5, 0.6) is 0 Å². The highest BCUT2D eigenvalue weighted by atomic mass is 16.5. The van der Waals surface area contributed by atoms with Gasteiger partial charge in [0.05, 0.1) is 6.61 Å². The predicted molar refractivity (Wildman–Crippen MR) is 66.7 cm³/mol. The van der Waals surface area contributed by atoms with Gasteiger partial charge in [0.2, 0.25) is 0 Å². The third-order valence-corrected chi connectivity index (χ3v) is 3.48. The molecule has 2 heteroatoms. The van der Waals surface area contributed by atoms with Crippen LogP contribution in [-0.2, 0) is 4.74 Å². The molecule has 1 aromatic carbocycles. The van der Waals surface area contributed by atoms with Crippen molar-refractivity contribution in [1.82, 2.24) is 5.32 Å². The second-order valence-electron chi connectivity index (χ2n) is 5.02. The molecule has 2 rings (SSSR count). The zero-order valence-electron chi connectivity index (χ0n) is 10.2. The van der Waals surface area contributed by atoms with Gasteiger partial charge in [-0.15, -0.1) is 0 Å². The predicted octanol–water partition coefficient (Wildman–Crippen LogP) is 2.56. The van der Waals surface area contributed by atoms with E-state index >= 15 is 0 Å². The van der Waals surface area contributed by atoms with E-state index in [4.69, 9.17) is 4.74 Å². The molecule has 16 heavy (non-hydrogen) atoms. The third kappa shape index (κ3) is 2.63. The number of hydrogen-bond acceptors (Lipinski definition) is 2. The number of nitrogens with one attached hydrogen (secondary N) is 1. The zero-order valence-corrected chi connectivity index (χ0v) is 10.2. The Morgan fingerprint density at radius 1 is 1.38 bits per heavy atom. The van der Waals surface area contributed by atoms with Gasteiger partial charge in [0.25, 0.3) is 0 Å². The molecule has 2 nitrogen and oxygen atoms in total. The first kappa shape index (κ1) is 11.6. The van der Waals surface area contributed by atoms with Crippen molar-refractivity contribution in [2.45, 2.75) is 31.2 Å². The molecule has 88 valence electrons. The van der Waals surface area contributed by atoms with Crippen LogP contribution >= 0.6 is 0 Å². The van der Waals surface area contributed by atoms with Gasteiger partial charge in [-0.05, 0) is 37.8 Å². The average Bonchev–Trinajstić information content (AvgIpc) is 2.30. The molecule has 1 aliphatic rings. The van der Waals surface area contributed by atoms with Crippen LogP contribution in [0.25, 0.3) is 0 Å². The Bertz CT molecular complexity index is 321. The maximum absolute atomic E-state index is 5.31. The maximum Gasteiger partial charge on any atom is 0.0641 e. The summed E-state index contributed by atoms with van der Waals surface area (Å²) in [6.07, 6.45) is 2.38. The molecule has 1 heterocycles. The molecule has 0 radical (unpaired) electrons. The van der Waals surface area contributed by atoms with Crippen molar-refractivity contribution >= 4 is 0 Å². The lowest BCUT2D eigenvalue weighted by molar-refractivity contribution is 0.0946. The molecule has 0 spiro atoms. The van der Waals surface area contributed by atoms with E-state index in [0.29, 0.717) is 5.92 Å². The van der Waals surface area contributed by atoms with Crippen LogP contribution in [0.3, 0.4) is 0 Å². The van der Waals surface area contributed by atoms with Gasteiger partial charge in [-0.1, -0.05) is 30.3 Å². The average molecular weight is 219 g/mol. The van der Waals surface area contributed by atoms with Crippen LogP contribution in [-0.4, -0.2) is 25.8 Å². The van der Waals surface area contributed by atoms with E-state index in [0.717, 1.165) is 19.6 Å². The van der Waals surface area contributed by atoms with Crippen LogP contribution in [0.15, 0.2) is 30.3 Å². The SMILES string of the molecule is COCC1(C)CC(c2ccccc2)CCN1. The van der Waals surface area contributed by atoms with Crippen molar-refractivity contribution in [3.05, 3.63) is 35.9 Å². The molecule has 1 aromatic rings. The van der Waals surface area contributed by atoms with Crippen LogP contribution in [0, 0.1) is 0 Å². The fourth-order valence-electron chi connectivity index (χ4n) is 2.70. The summed E-state index contributed by atoms with van der Waals surface area (Å²) < 4.78 is 5.31. The van der Waals surface area contributed by atoms with Crippen molar-refractivity contribution in [3.63, 3.8) is 0 Å². The maximum atomic E-state index is 5.31. The van der Waals surface area contributed by atoms with Gasteiger partial charge in [0.15, 0.2) is 0 Å². The lowest BCUT2D eigenvalue weighted by atomic mass is 9.80. The molecule has 2 unspecified atom stereocenters. The lowest BCUT2D eigenvalue weighted by Gasteiger charge is -2.39. The first-order valence-electron chi connectivity index (χ1n) is 6.02. The van der Waals surface area contributed by atoms with E-state index in [2.05, 4.69) is 42.6 Å². The van der Waals surface area contributed by atoms with Crippen LogP contribution in [0.4, 0.5) is 0 Å². The topological polar surface area (TPSA) is 21.3 Å². The standard InChI is InChI=1S/C14H21NO/c1-14(11-16-2)10-13(8-9-15-14)12-6-4-3-5-7-12/h3-7,13,15H,8-11H2,1-2H3. The molecule has 0 bridgehead atoms. The van der Waals surface area contributed by atoms with Crippen LogP contribution < -0.4 is 5.32 Å². The fraction of sp³-hybridized carbons (Fsp3) is 0.571. The Balaban J connectivity index is 2.07. The smallest absolute Gasteiger partial charge is 0.0641 e. The minimum absolute atomic E-state index is 0.132. The molecule has 0 amide bonds. The fourth-order valence-corrected chi connectivity index (χ4v) is 2.70. The first-order chi connectivity index (χ1) is 7.73. The Kier molecular flexibility index (Phi) is 3.62. The normalized spacial score (nSPS) is 30.2. The van der Waals surface area contributed by atoms with Crippen molar-refractivity contribution in [2.24, 2.45) is 0 Å². The van der Waals surface area contributed by atoms with E-state index < -0.39 is 0 Å². The van der Waals surface area contributed by atoms with E-state index in [9.17, 15) is 0 Å². The number of piperidine rings is 1. The highest BCUT2D eigenvalue weighted by Crippen LogP contribution is 2.32. The molecule has 0 aliphatic carbocycles. The Morgan fingerprint density at radius 3 is 2.81 bits per heavy atom. The molecule has 0 saturated carbocycles. The van der Waals surface area contributed by atoms with Gasteiger partial charge in [-0.2, -0.15) is 0 Å². The summed E-state index contributed by atoms with van der Waals surface area (Å²) >= 11 is 0. The highest BCUT2D eigenvalue weighted by molar-refractivity contribution is 5.21. The quantitative estimate of drug-likeness (QED) is 0.843. The number of methoxy groups -OCH3 is 1. The van der Waals surface area contributed by atoms with Crippen molar-refractivity contribution in [3.8, 4) is 0 Å². The second-order valence-corrected chi connectivity index (χ2v) is 5.02. The van der Waals surface area contributed by atoms with E-state index in [1.807, 2.05) is 0 Å². The Labute approximate surface area is 98.0 Å². The van der Waals surface area contributed by atoms with E-state index in [1.165, 1.54) is 12.0 Å². The van der Waals surface area contributed by atoms with E-state index in [-0.39, 0.29) is 5.54 Å². The minimum Gasteiger partial charge on any atom is -0.383 e. The summed E-state index contributed by atoms with van der Waals surface area (Å²) in [6, 6.07) is 10.8. The van der Waals surface area contributed by atoms with Crippen molar-refractivity contribution in [1.29, 1.82) is 0 Å². The number of hydrogen-bond donors (Lipinski definition) is 1. The Hall–Kier alpha value is -0.860. The Morgan fingerprint density at radius 2 is 2.12 bits per heavy atom. The summed E-state index contributed by atoms with van der Waals surface area (Å²) in [5.41, 5.74) is 1.60. The number of rotatable bonds is 3. The molecule has 1 saturated heterocycles. The summed E-state index contributed by atoms with van der Waals surface area (Å²) in [5.74, 6) is 0.669. The summed E-state index contributed by atoms with van der Waals surface area (Å²) in [6.45, 7) is 4.13. The molecule has 1 N–H and O–H groups in total. The molecule has 0 aromatic heterocycles. The summed E-state index contributed by atoms with van der Waals surface area (Å²) in [5, 5.41) is 3.57. The monoisotopic (exact) mass is 219 g/mol. The third-order valence-electron chi connectivity index (χ3n) is 3.48. The molecular formula is C14H21NO. The summed E-state index contributed by atoms with van der Waals surface area (Å²) in [7, 11) is 1.78. The number of ether oxygens (including phenoxy) is 1. The molecule has 2 atom stereocenters. The van der Waals surface area contributed by atoms with Crippen molar-refractivity contribution < 1.29 is 4.74 Å². The van der Waals surface area contributed by atoms with Gasteiger partial charge in [0, 0.05) is 12.6 Å². The zero-order chi connectivity index (χ0) is 11.4. The molecular weight excluding hydrogens is 198 g/mol. The van der Waals surface area contributed by atoms with Crippen LogP contribution in [0.2, 0.25) is 0 Å². The van der Waals surface area contributed by atoms with Gasteiger partial charge in [0.1, 0.15) is 0 Å². The molecule has 1 fully saturated rings. The van der Waals surface area contributed by atoms with Gasteiger partial charge in [-0.3, -0.25) is 0 Å². The second kappa shape index (κ2) is 4.98. The van der Waals surface area contributed by atoms with E-state index in [1.54, 1.807) is 7.11 Å². The number of benzene rings is 1. The van der Waals surface area contributed by atoms with Gasteiger partial charge < -0.3 is 10.1 Å². The minimum atomic E-state index is 0.132. The highest BCUT2D eigenvalue weighted by Gasteiger charge is 2.32. The lowest BCUT2D eigenvalue weighted by Crippen LogP contribution is -2.51. The van der Waals surface area contributed by atoms with Gasteiger partial charge >= 0.3 is 0 Å².